The number of ether oxygens (including phenoxy) is 1. The minimum atomic E-state index is -0.492. The Hall–Kier alpha value is -3.30. The molecule has 162 valence electrons. The molecule has 1 fully saturated rings. The number of carbonyl (C=O) groups excluding carboxylic acids is 3. The molecular formula is C23H18BrN3O4S. The predicted octanol–water partition coefficient (Wildman–Crippen LogP) is 4.92. The van der Waals surface area contributed by atoms with Gasteiger partial charge in [0.25, 0.3) is 11.1 Å². The first-order valence-electron chi connectivity index (χ1n) is 9.57. The Morgan fingerprint density at radius 2 is 1.81 bits per heavy atom. The van der Waals surface area contributed by atoms with Gasteiger partial charge < -0.3 is 14.6 Å². The van der Waals surface area contributed by atoms with E-state index in [1.165, 1.54) is 0 Å². The van der Waals surface area contributed by atoms with E-state index in [2.05, 4.69) is 21.2 Å². The molecule has 0 radical (unpaired) electrons. The zero-order chi connectivity index (χ0) is 22.7. The average molecular weight is 512 g/mol. The number of aromatic nitrogens is 1. The van der Waals surface area contributed by atoms with Gasteiger partial charge in [0, 0.05) is 27.7 Å². The van der Waals surface area contributed by atoms with Crippen molar-refractivity contribution in [2.75, 3.05) is 19.0 Å². The van der Waals surface area contributed by atoms with Gasteiger partial charge in [-0.05, 0) is 78.5 Å². The number of nitrogens with one attached hydrogen (secondary N) is 1. The monoisotopic (exact) mass is 511 g/mol. The number of halogens is 1. The molecule has 2 aromatic carbocycles. The van der Waals surface area contributed by atoms with Crippen molar-refractivity contribution in [2.24, 2.45) is 0 Å². The summed E-state index contributed by atoms with van der Waals surface area (Å²) in [6.07, 6.45) is 3.54. The summed E-state index contributed by atoms with van der Waals surface area (Å²) in [6.45, 7) is -0.359. The van der Waals surface area contributed by atoms with Crippen molar-refractivity contribution < 1.29 is 19.1 Å². The van der Waals surface area contributed by atoms with Crippen LogP contribution in [0.2, 0.25) is 0 Å². The minimum Gasteiger partial charge on any atom is -0.497 e. The van der Waals surface area contributed by atoms with Gasteiger partial charge in [-0.3, -0.25) is 19.3 Å². The van der Waals surface area contributed by atoms with E-state index in [1.54, 1.807) is 37.5 Å². The van der Waals surface area contributed by atoms with Gasteiger partial charge in [0.05, 0.1) is 12.0 Å². The van der Waals surface area contributed by atoms with E-state index in [4.69, 9.17) is 4.74 Å². The van der Waals surface area contributed by atoms with Crippen LogP contribution < -0.4 is 10.1 Å². The summed E-state index contributed by atoms with van der Waals surface area (Å²) in [5.74, 6) is -0.294. The highest BCUT2D eigenvalue weighted by atomic mass is 79.9. The summed E-state index contributed by atoms with van der Waals surface area (Å²) in [5, 5.41) is 2.20. The summed E-state index contributed by atoms with van der Waals surface area (Å²) in [4.78, 5) is 38.8. The second-order valence-electron chi connectivity index (χ2n) is 6.82. The highest BCUT2D eigenvalue weighted by Gasteiger charge is 2.36. The third kappa shape index (κ3) is 4.79. The molecule has 1 aromatic heterocycles. The standard InChI is InChI=1S/C23H18BrN3O4S/c1-31-19-10-6-16(7-11-19)25-21(28)14-27-22(29)20(32-23(27)30)13-18-3-2-12-26(18)17-8-4-15(24)5-9-17/h2-13H,14H2,1H3,(H,25,28)/b20-13+. The van der Waals surface area contributed by atoms with Gasteiger partial charge in [0.2, 0.25) is 5.91 Å². The van der Waals surface area contributed by atoms with Crippen LogP contribution in [0.1, 0.15) is 5.69 Å². The van der Waals surface area contributed by atoms with Crippen LogP contribution in [0.4, 0.5) is 10.5 Å². The van der Waals surface area contributed by atoms with Gasteiger partial charge in [-0.2, -0.15) is 0 Å². The fourth-order valence-corrected chi connectivity index (χ4v) is 4.22. The molecule has 3 aromatic rings. The Kier molecular flexibility index (Phi) is 6.48. The van der Waals surface area contributed by atoms with E-state index in [1.807, 2.05) is 47.2 Å². The molecule has 0 saturated carbocycles. The highest BCUT2D eigenvalue weighted by molar-refractivity contribution is 9.10. The van der Waals surface area contributed by atoms with Crippen LogP contribution in [0.15, 0.2) is 76.2 Å². The van der Waals surface area contributed by atoms with Gasteiger partial charge in [0.15, 0.2) is 0 Å². The van der Waals surface area contributed by atoms with Crippen molar-refractivity contribution in [1.82, 2.24) is 9.47 Å². The zero-order valence-corrected chi connectivity index (χ0v) is 19.4. The molecule has 0 spiro atoms. The number of thioether (sulfide) groups is 1. The summed E-state index contributed by atoms with van der Waals surface area (Å²) < 4.78 is 7.96. The second kappa shape index (κ2) is 9.46. The van der Waals surface area contributed by atoms with Gasteiger partial charge >= 0.3 is 0 Å². The van der Waals surface area contributed by atoms with Crippen molar-refractivity contribution in [3.63, 3.8) is 0 Å². The molecule has 4 rings (SSSR count). The number of benzene rings is 2. The fourth-order valence-electron chi connectivity index (χ4n) is 3.14. The van der Waals surface area contributed by atoms with Crippen LogP contribution in [-0.4, -0.2) is 40.2 Å². The molecule has 0 aliphatic carbocycles. The smallest absolute Gasteiger partial charge is 0.294 e. The number of amides is 3. The number of imide groups is 1. The Bertz CT molecular complexity index is 1200. The molecule has 9 heteroatoms. The van der Waals surface area contributed by atoms with Crippen molar-refractivity contribution in [3.05, 3.63) is 81.9 Å². The largest absolute Gasteiger partial charge is 0.497 e. The number of rotatable bonds is 6. The van der Waals surface area contributed by atoms with Crippen molar-refractivity contribution >= 4 is 56.5 Å². The number of carbonyl (C=O) groups is 3. The third-order valence-corrected chi connectivity index (χ3v) is 6.15. The first-order valence-corrected chi connectivity index (χ1v) is 11.2. The van der Waals surface area contributed by atoms with Gasteiger partial charge in [0.1, 0.15) is 12.3 Å². The molecule has 0 atom stereocenters. The van der Waals surface area contributed by atoms with Crippen LogP contribution in [-0.2, 0) is 9.59 Å². The number of anilines is 1. The SMILES string of the molecule is COc1ccc(NC(=O)CN2C(=O)S/C(=C/c3cccn3-c3ccc(Br)cc3)C2=O)cc1. The number of methoxy groups -OCH3 is 1. The van der Waals surface area contributed by atoms with Crippen molar-refractivity contribution in [3.8, 4) is 11.4 Å². The Morgan fingerprint density at radius 3 is 2.50 bits per heavy atom. The number of nitrogens with zero attached hydrogens (tertiary/aromatic N) is 2. The van der Waals surface area contributed by atoms with E-state index in [0.717, 1.165) is 32.5 Å². The second-order valence-corrected chi connectivity index (χ2v) is 8.73. The summed E-state index contributed by atoms with van der Waals surface area (Å²) in [5.41, 5.74) is 2.22. The van der Waals surface area contributed by atoms with Crippen molar-refractivity contribution in [1.29, 1.82) is 0 Å². The van der Waals surface area contributed by atoms with E-state index >= 15 is 0 Å². The summed E-state index contributed by atoms with van der Waals surface area (Å²) >= 11 is 4.24. The molecule has 1 N–H and O–H groups in total. The van der Waals surface area contributed by atoms with Gasteiger partial charge in [-0.25, -0.2) is 0 Å². The molecule has 1 aliphatic heterocycles. The van der Waals surface area contributed by atoms with Crippen LogP contribution >= 0.6 is 27.7 Å². The third-order valence-electron chi connectivity index (χ3n) is 4.71. The quantitative estimate of drug-likeness (QED) is 0.475. The fraction of sp³-hybridized carbons (Fsp3) is 0.0870. The summed E-state index contributed by atoms with van der Waals surface area (Å²) in [6, 6.07) is 18.2. The molecule has 7 nitrogen and oxygen atoms in total. The van der Waals surface area contributed by atoms with Crippen LogP contribution in [0.5, 0.6) is 5.75 Å². The van der Waals surface area contributed by atoms with Gasteiger partial charge in [-0.15, -0.1) is 0 Å². The van der Waals surface area contributed by atoms with E-state index in [0.29, 0.717) is 11.4 Å². The van der Waals surface area contributed by atoms with Crippen molar-refractivity contribution in [2.45, 2.75) is 0 Å². The first kappa shape index (κ1) is 21.9. The van der Waals surface area contributed by atoms with Gasteiger partial charge in [-0.1, -0.05) is 15.9 Å². The molecule has 3 amide bonds. The topological polar surface area (TPSA) is 80.6 Å². The lowest BCUT2D eigenvalue weighted by Crippen LogP contribution is -2.36. The highest BCUT2D eigenvalue weighted by Crippen LogP contribution is 2.32. The molecule has 32 heavy (non-hydrogen) atoms. The number of hydrogen-bond acceptors (Lipinski definition) is 5. The molecule has 0 unspecified atom stereocenters. The maximum Gasteiger partial charge on any atom is 0.294 e. The average Bonchev–Trinajstić information content (AvgIpc) is 3.35. The van der Waals surface area contributed by atoms with Crippen LogP contribution in [0, 0.1) is 0 Å². The van der Waals surface area contributed by atoms with E-state index < -0.39 is 17.1 Å². The Morgan fingerprint density at radius 1 is 1.09 bits per heavy atom. The Balaban J connectivity index is 1.47. The molecule has 1 saturated heterocycles. The normalized spacial score (nSPS) is 14.8. The molecule has 1 aliphatic rings. The molecular weight excluding hydrogens is 494 g/mol. The molecule has 2 heterocycles. The lowest BCUT2D eigenvalue weighted by atomic mass is 10.3. The zero-order valence-electron chi connectivity index (χ0n) is 16.9. The van der Waals surface area contributed by atoms with E-state index in [-0.39, 0.29) is 11.4 Å². The molecule has 0 bridgehead atoms. The first-order chi connectivity index (χ1) is 15.4. The predicted molar refractivity (Wildman–Crippen MR) is 128 cm³/mol. The maximum absolute atomic E-state index is 12.8. The number of hydrogen-bond donors (Lipinski definition) is 1. The Labute approximate surface area is 197 Å². The van der Waals surface area contributed by atoms with E-state index in [9.17, 15) is 14.4 Å². The van der Waals surface area contributed by atoms with Crippen LogP contribution in [0.25, 0.3) is 11.8 Å². The minimum absolute atomic E-state index is 0.268. The van der Waals surface area contributed by atoms with Crippen LogP contribution in [0.3, 0.4) is 0 Å². The lowest BCUT2D eigenvalue weighted by Gasteiger charge is -2.12. The maximum atomic E-state index is 12.8. The summed E-state index contributed by atoms with van der Waals surface area (Å²) in [7, 11) is 1.55. The lowest BCUT2D eigenvalue weighted by molar-refractivity contribution is -0.127.